The molecule has 1 atom stereocenters. The number of nitro benzene ring substituents is 1. The Hall–Kier alpha value is -3.06. The van der Waals surface area contributed by atoms with Crippen LogP contribution in [0.1, 0.15) is 17.2 Å². The molecule has 0 aliphatic rings. The van der Waals surface area contributed by atoms with Gasteiger partial charge in [-0.1, -0.05) is 6.07 Å². The summed E-state index contributed by atoms with van der Waals surface area (Å²) in [5.41, 5.74) is 2.93. The number of aliphatic hydroxyl groups is 1. The SMILES string of the molecule is Cc1cc(F)ccc1C(O)Cn1cc(-c2ccc([N+](=O)[O-])cc2)cn1. The molecule has 7 heteroatoms. The summed E-state index contributed by atoms with van der Waals surface area (Å²) in [6.07, 6.45) is 2.57. The van der Waals surface area contributed by atoms with Gasteiger partial charge in [-0.3, -0.25) is 14.8 Å². The van der Waals surface area contributed by atoms with E-state index in [0.29, 0.717) is 11.1 Å². The van der Waals surface area contributed by atoms with Crippen LogP contribution in [0.4, 0.5) is 10.1 Å². The van der Waals surface area contributed by atoms with Crippen LogP contribution in [-0.2, 0) is 6.54 Å². The third kappa shape index (κ3) is 3.72. The molecule has 2 aromatic carbocycles. The number of benzene rings is 2. The summed E-state index contributed by atoms with van der Waals surface area (Å²) < 4.78 is 14.8. The fraction of sp³-hybridized carbons (Fsp3) is 0.167. The molecule has 0 spiro atoms. The molecular weight excluding hydrogens is 325 g/mol. The first-order valence-electron chi connectivity index (χ1n) is 7.65. The van der Waals surface area contributed by atoms with Crippen molar-refractivity contribution in [3.05, 3.63) is 81.9 Å². The van der Waals surface area contributed by atoms with Crippen LogP contribution in [0.15, 0.2) is 54.9 Å². The van der Waals surface area contributed by atoms with Crippen molar-refractivity contribution in [3.63, 3.8) is 0 Å². The van der Waals surface area contributed by atoms with E-state index in [4.69, 9.17) is 0 Å². The number of non-ortho nitro benzene ring substituents is 1. The third-order valence-corrected chi connectivity index (χ3v) is 4.00. The number of hydrogen-bond donors (Lipinski definition) is 1. The zero-order chi connectivity index (χ0) is 18.0. The first-order valence-corrected chi connectivity index (χ1v) is 7.65. The summed E-state index contributed by atoms with van der Waals surface area (Å²) in [6, 6.07) is 10.4. The second kappa shape index (κ2) is 6.82. The fourth-order valence-electron chi connectivity index (χ4n) is 2.68. The molecule has 3 aromatic rings. The minimum absolute atomic E-state index is 0.0262. The zero-order valence-corrected chi connectivity index (χ0v) is 13.5. The minimum atomic E-state index is -0.815. The van der Waals surface area contributed by atoms with Crippen LogP contribution in [0.2, 0.25) is 0 Å². The van der Waals surface area contributed by atoms with Crippen molar-refractivity contribution in [3.8, 4) is 11.1 Å². The van der Waals surface area contributed by atoms with E-state index in [9.17, 15) is 19.6 Å². The molecule has 0 saturated heterocycles. The standard InChI is InChI=1S/C18H16FN3O3/c1-12-8-15(19)4-7-17(12)18(23)11-21-10-14(9-20-21)13-2-5-16(6-3-13)22(24)25/h2-10,18,23H,11H2,1H3. The zero-order valence-electron chi connectivity index (χ0n) is 13.5. The Balaban J connectivity index is 1.76. The molecule has 0 aliphatic carbocycles. The van der Waals surface area contributed by atoms with Crippen molar-refractivity contribution in [2.45, 2.75) is 19.6 Å². The Morgan fingerprint density at radius 2 is 1.96 bits per heavy atom. The summed E-state index contributed by atoms with van der Waals surface area (Å²) in [7, 11) is 0. The summed E-state index contributed by atoms with van der Waals surface area (Å²) in [5.74, 6) is -0.340. The first-order chi connectivity index (χ1) is 11.9. The van der Waals surface area contributed by atoms with Crippen molar-refractivity contribution in [2.75, 3.05) is 0 Å². The monoisotopic (exact) mass is 341 g/mol. The molecule has 0 aliphatic heterocycles. The van der Waals surface area contributed by atoms with Crippen molar-refractivity contribution in [2.24, 2.45) is 0 Å². The maximum absolute atomic E-state index is 13.2. The Bertz CT molecular complexity index is 906. The molecule has 0 amide bonds. The number of halogens is 1. The molecule has 0 saturated carbocycles. The molecule has 128 valence electrons. The van der Waals surface area contributed by atoms with E-state index in [0.717, 1.165) is 11.1 Å². The van der Waals surface area contributed by atoms with Crippen LogP contribution >= 0.6 is 0 Å². The number of nitrogens with zero attached hydrogens (tertiary/aromatic N) is 3. The lowest BCUT2D eigenvalue weighted by molar-refractivity contribution is -0.384. The van der Waals surface area contributed by atoms with Gasteiger partial charge in [0.2, 0.25) is 0 Å². The van der Waals surface area contributed by atoms with E-state index in [1.165, 1.54) is 24.3 Å². The van der Waals surface area contributed by atoms with Gasteiger partial charge in [-0.2, -0.15) is 5.10 Å². The molecule has 3 rings (SSSR count). The molecule has 25 heavy (non-hydrogen) atoms. The van der Waals surface area contributed by atoms with Gasteiger partial charge in [0, 0.05) is 23.9 Å². The van der Waals surface area contributed by atoms with Crippen LogP contribution in [-0.4, -0.2) is 19.8 Å². The predicted octanol–water partition coefficient (Wildman–Crippen LogP) is 3.64. The van der Waals surface area contributed by atoms with E-state index >= 15 is 0 Å². The van der Waals surface area contributed by atoms with Crippen molar-refractivity contribution in [1.82, 2.24) is 9.78 Å². The lowest BCUT2D eigenvalue weighted by Gasteiger charge is -2.13. The van der Waals surface area contributed by atoms with Crippen LogP contribution in [0.25, 0.3) is 11.1 Å². The number of aliphatic hydroxyl groups excluding tert-OH is 1. The van der Waals surface area contributed by atoms with Gasteiger partial charge < -0.3 is 5.11 Å². The maximum Gasteiger partial charge on any atom is 0.269 e. The summed E-state index contributed by atoms with van der Waals surface area (Å²) in [6.45, 7) is 1.96. The van der Waals surface area contributed by atoms with E-state index in [1.807, 2.05) is 0 Å². The molecule has 1 unspecified atom stereocenters. The summed E-state index contributed by atoms with van der Waals surface area (Å²) in [4.78, 5) is 10.2. The van der Waals surface area contributed by atoms with E-state index in [2.05, 4.69) is 5.10 Å². The summed E-state index contributed by atoms with van der Waals surface area (Å²) in [5, 5.41) is 25.3. The lowest BCUT2D eigenvalue weighted by atomic mass is 10.0. The Kier molecular flexibility index (Phi) is 4.58. The minimum Gasteiger partial charge on any atom is -0.386 e. The van der Waals surface area contributed by atoms with Crippen molar-refractivity contribution in [1.29, 1.82) is 0 Å². The summed E-state index contributed by atoms with van der Waals surface area (Å²) >= 11 is 0. The number of aromatic nitrogens is 2. The highest BCUT2D eigenvalue weighted by Crippen LogP contribution is 2.24. The molecule has 1 aromatic heterocycles. The molecule has 6 nitrogen and oxygen atoms in total. The van der Waals surface area contributed by atoms with Gasteiger partial charge in [0.1, 0.15) is 5.82 Å². The Morgan fingerprint density at radius 1 is 1.24 bits per heavy atom. The van der Waals surface area contributed by atoms with Crippen LogP contribution in [0.3, 0.4) is 0 Å². The van der Waals surface area contributed by atoms with Crippen molar-refractivity contribution >= 4 is 5.69 Å². The highest BCUT2D eigenvalue weighted by atomic mass is 19.1. The average molecular weight is 341 g/mol. The van der Waals surface area contributed by atoms with Crippen LogP contribution < -0.4 is 0 Å². The largest absolute Gasteiger partial charge is 0.386 e. The normalized spacial score (nSPS) is 12.1. The van der Waals surface area contributed by atoms with E-state index < -0.39 is 11.0 Å². The molecule has 1 heterocycles. The second-order valence-corrected chi connectivity index (χ2v) is 5.77. The van der Waals surface area contributed by atoms with E-state index in [1.54, 1.807) is 42.2 Å². The highest BCUT2D eigenvalue weighted by Gasteiger charge is 2.13. The van der Waals surface area contributed by atoms with E-state index in [-0.39, 0.29) is 18.0 Å². The van der Waals surface area contributed by atoms with Gasteiger partial charge in [-0.25, -0.2) is 4.39 Å². The molecule has 1 N–H and O–H groups in total. The van der Waals surface area contributed by atoms with Gasteiger partial charge >= 0.3 is 0 Å². The molecule has 0 fully saturated rings. The number of nitro groups is 1. The fourth-order valence-corrected chi connectivity index (χ4v) is 2.68. The lowest BCUT2D eigenvalue weighted by Crippen LogP contribution is -2.10. The van der Waals surface area contributed by atoms with Gasteiger partial charge in [-0.05, 0) is 47.9 Å². The molecular formula is C18H16FN3O3. The van der Waals surface area contributed by atoms with Crippen molar-refractivity contribution < 1.29 is 14.4 Å². The topological polar surface area (TPSA) is 81.2 Å². The Morgan fingerprint density at radius 3 is 2.60 bits per heavy atom. The number of hydrogen-bond acceptors (Lipinski definition) is 4. The second-order valence-electron chi connectivity index (χ2n) is 5.77. The Labute approximate surface area is 143 Å². The number of aryl methyl sites for hydroxylation is 1. The predicted molar refractivity (Wildman–Crippen MR) is 90.4 cm³/mol. The first kappa shape index (κ1) is 16.8. The highest BCUT2D eigenvalue weighted by molar-refractivity contribution is 5.63. The molecule has 0 bridgehead atoms. The van der Waals surface area contributed by atoms with Crippen LogP contribution in [0.5, 0.6) is 0 Å². The molecule has 0 radical (unpaired) electrons. The number of rotatable bonds is 5. The average Bonchev–Trinajstić information content (AvgIpc) is 3.03. The van der Waals surface area contributed by atoms with Gasteiger partial charge in [0.05, 0.1) is 23.8 Å². The van der Waals surface area contributed by atoms with Gasteiger partial charge in [0.25, 0.3) is 5.69 Å². The van der Waals surface area contributed by atoms with Gasteiger partial charge in [0.15, 0.2) is 0 Å². The quantitative estimate of drug-likeness (QED) is 0.567. The third-order valence-electron chi connectivity index (χ3n) is 4.00. The van der Waals surface area contributed by atoms with Crippen LogP contribution in [0, 0.1) is 22.9 Å². The smallest absolute Gasteiger partial charge is 0.269 e. The maximum atomic E-state index is 13.2. The van der Waals surface area contributed by atoms with Gasteiger partial charge in [-0.15, -0.1) is 0 Å².